The van der Waals surface area contributed by atoms with Gasteiger partial charge in [0.15, 0.2) is 0 Å². The molecule has 4 nitrogen and oxygen atoms in total. The van der Waals surface area contributed by atoms with Crippen LogP contribution in [0.5, 0.6) is 0 Å². The van der Waals surface area contributed by atoms with Gasteiger partial charge in [0, 0.05) is 0 Å². The van der Waals surface area contributed by atoms with Gasteiger partial charge in [0.2, 0.25) is 0 Å². The lowest BCUT2D eigenvalue weighted by Gasteiger charge is -2.14. The van der Waals surface area contributed by atoms with E-state index in [-0.39, 0.29) is 11.8 Å². The van der Waals surface area contributed by atoms with E-state index < -0.39 is 10.1 Å². The Morgan fingerprint density at radius 1 is 1.50 bits per heavy atom. The molecule has 1 unspecified atom stereocenters. The van der Waals surface area contributed by atoms with Crippen molar-refractivity contribution in [2.24, 2.45) is 0 Å². The van der Waals surface area contributed by atoms with E-state index in [9.17, 15) is 8.42 Å². The summed E-state index contributed by atoms with van der Waals surface area (Å²) in [7, 11) is 0.502. The summed E-state index contributed by atoms with van der Waals surface area (Å²) in [5.74, 6) is 0.125. The van der Waals surface area contributed by atoms with Crippen molar-refractivity contribution in [2.45, 2.75) is 6.04 Å². The maximum absolute atomic E-state index is 10.7. The van der Waals surface area contributed by atoms with Gasteiger partial charge in [0.25, 0.3) is 10.1 Å². The van der Waals surface area contributed by atoms with Gasteiger partial charge >= 0.3 is 0 Å². The van der Waals surface area contributed by atoms with Crippen LogP contribution in [-0.2, 0) is 14.3 Å². The third-order valence-electron chi connectivity index (χ3n) is 1.57. The number of rotatable bonds is 1. The summed E-state index contributed by atoms with van der Waals surface area (Å²) in [5.41, 5.74) is 0. The second-order valence-electron chi connectivity index (χ2n) is 2.63. The average molecular weight is 165 g/mol. The van der Waals surface area contributed by atoms with E-state index in [4.69, 9.17) is 0 Å². The van der Waals surface area contributed by atoms with Crippen LogP contribution in [0.25, 0.3) is 0 Å². The van der Waals surface area contributed by atoms with Gasteiger partial charge in [-0.25, -0.2) is 0 Å². The van der Waals surface area contributed by atoms with E-state index in [1.807, 2.05) is 19.0 Å². The lowest BCUT2D eigenvalue weighted by Crippen LogP contribution is -2.30. The van der Waals surface area contributed by atoms with Crippen molar-refractivity contribution in [3.63, 3.8) is 0 Å². The van der Waals surface area contributed by atoms with Crippen LogP contribution >= 0.6 is 0 Å². The van der Waals surface area contributed by atoms with Gasteiger partial charge in [-0.05, 0) is 14.1 Å². The van der Waals surface area contributed by atoms with Gasteiger partial charge in [0.05, 0.1) is 18.4 Å². The van der Waals surface area contributed by atoms with Gasteiger partial charge < -0.3 is 4.90 Å². The smallest absolute Gasteiger partial charge is 0.269 e. The molecule has 0 radical (unpaired) electrons. The van der Waals surface area contributed by atoms with Gasteiger partial charge in [0.1, 0.15) is 0 Å². The fourth-order valence-electron chi connectivity index (χ4n) is 0.812. The van der Waals surface area contributed by atoms with Gasteiger partial charge in [-0.1, -0.05) is 0 Å². The summed E-state index contributed by atoms with van der Waals surface area (Å²) in [6, 6.07) is 0.0324. The Morgan fingerprint density at radius 2 is 2.10 bits per heavy atom. The molecule has 0 amide bonds. The number of nitrogens with zero attached hydrogens (tertiary/aromatic N) is 1. The van der Waals surface area contributed by atoms with E-state index in [1.54, 1.807) is 0 Å². The topological polar surface area (TPSA) is 46.6 Å². The van der Waals surface area contributed by atoms with Crippen LogP contribution < -0.4 is 0 Å². The van der Waals surface area contributed by atoms with Crippen molar-refractivity contribution in [3.8, 4) is 0 Å². The van der Waals surface area contributed by atoms with Crippen molar-refractivity contribution in [1.82, 2.24) is 4.90 Å². The average Bonchev–Trinajstić information content (AvgIpc) is 2.10. The monoisotopic (exact) mass is 165 g/mol. The van der Waals surface area contributed by atoms with Crippen molar-refractivity contribution in [2.75, 3.05) is 26.5 Å². The highest BCUT2D eigenvalue weighted by Crippen LogP contribution is 2.11. The highest BCUT2D eigenvalue weighted by molar-refractivity contribution is 7.87. The first-order valence-electron chi connectivity index (χ1n) is 3.05. The molecule has 0 aromatic heterocycles. The Kier molecular flexibility index (Phi) is 1.98. The normalized spacial score (nSPS) is 31.3. The Morgan fingerprint density at radius 3 is 2.30 bits per heavy atom. The quantitative estimate of drug-likeness (QED) is 0.481. The maximum atomic E-state index is 10.7. The van der Waals surface area contributed by atoms with Crippen LogP contribution in [0.2, 0.25) is 0 Å². The standard InChI is InChI=1S/C5H11NO3S/c1-6(2)5-3-9-10(7,8)4-5/h5H,3-4H2,1-2H3. The van der Waals surface area contributed by atoms with Gasteiger partial charge in [-0.2, -0.15) is 8.42 Å². The SMILES string of the molecule is CN(C)C1COS(=O)(=O)C1. The second-order valence-corrected chi connectivity index (χ2v) is 4.31. The molecular weight excluding hydrogens is 154 g/mol. The van der Waals surface area contributed by atoms with Crippen molar-refractivity contribution >= 4 is 10.1 Å². The molecule has 1 aliphatic heterocycles. The molecule has 5 heteroatoms. The number of hydrogen-bond donors (Lipinski definition) is 0. The molecule has 0 N–H and O–H groups in total. The Balaban J connectivity index is 2.60. The lowest BCUT2D eigenvalue weighted by molar-refractivity contribution is 0.242. The molecule has 0 aliphatic carbocycles. The van der Waals surface area contributed by atoms with Crippen LogP contribution in [0.1, 0.15) is 0 Å². The summed E-state index contributed by atoms with van der Waals surface area (Å²) in [6.45, 7) is 0.301. The fraction of sp³-hybridized carbons (Fsp3) is 1.00. The van der Waals surface area contributed by atoms with Crippen molar-refractivity contribution in [1.29, 1.82) is 0 Å². The van der Waals surface area contributed by atoms with Crippen LogP contribution in [0.15, 0.2) is 0 Å². The minimum atomic E-state index is -3.18. The zero-order chi connectivity index (χ0) is 7.78. The van der Waals surface area contributed by atoms with Crippen LogP contribution in [0.3, 0.4) is 0 Å². The molecule has 1 saturated heterocycles. The molecule has 1 aliphatic rings. The molecule has 10 heavy (non-hydrogen) atoms. The molecule has 0 bridgehead atoms. The predicted molar refractivity (Wildman–Crippen MR) is 37.2 cm³/mol. The summed E-state index contributed by atoms with van der Waals surface area (Å²) in [4.78, 5) is 1.85. The molecule has 1 rings (SSSR count). The molecule has 1 atom stereocenters. The Hall–Kier alpha value is -0.130. The molecule has 0 spiro atoms. The van der Waals surface area contributed by atoms with Gasteiger partial charge in [-0.3, -0.25) is 4.18 Å². The highest BCUT2D eigenvalue weighted by Gasteiger charge is 2.29. The first-order chi connectivity index (χ1) is 4.51. The van der Waals surface area contributed by atoms with E-state index in [0.717, 1.165) is 0 Å². The van der Waals surface area contributed by atoms with E-state index in [0.29, 0.717) is 6.61 Å². The Bertz CT molecular complexity index is 209. The second kappa shape index (κ2) is 2.48. The third kappa shape index (κ3) is 1.68. The highest BCUT2D eigenvalue weighted by atomic mass is 32.2. The Labute approximate surface area is 60.9 Å². The van der Waals surface area contributed by atoms with Crippen LogP contribution in [-0.4, -0.2) is 45.8 Å². The molecule has 1 fully saturated rings. The predicted octanol–water partition coefficient (Wildman–Crippen LogP) is -0.723. The molecule has 60 valence electrons. The van der Waals surface area contributed by atoms with E-state index in [2.05, 4.69) is 4.18 Å². The molecule has 1 heterocycles. The first-order valence-corrected chi connectivity index (χ1v) is 4.62. The molecular formula is C5H11NO3S. The lowest BCUT2D eigenvalue weighted by atomic mass is 10.3. The number of hydrogen-bond acceptors (Lipinski definition) is 4. The van der Waals surface area contributed by atoms with Gasteiger partial charge in [-0.15, -0.1) is 0 Å². The third-order valence-corrected chi connectivity index (χ3v) is 2.86. The van der Waals surface area contributed by atoms with Crippen LogP contribution in [0.4, 0.5) is 0 Å². The molecule has 0 aromatic carbocycles. The zero-order valence-corrected chi connectivity index (χ0v) is 6.89. The van der Waals surface area contributed by atoms with E-state index in [1.165, 1.54) is 0 Å². The summed E-state index contributed by atoms with van der Waals surface area (Å²) >= 11 is 0. The maximum Gasteiger partial charge on any atom is 0.269 e. The minimum Gasteiger partial charge on any atom is -0.303 e. The summed E-state index contributed by atoms with van der Waals surface area (Å²) in [5, 5.41) is 0. The number of likely N-dealkylation sites (N-methyl/N-ethyl adjacent to an activating group) is 1. The van der Waals surface area contributed by atoms with Crippen molar-refractivity contribution < 1.29 is 12.6 Å². The van der Waals surface area contributed by atoms with Crippen LogP contribution in [0, 0.1) is 0 Å². The largest absolute Gasteiger partial charge is 0.303 e. The zero-order valence-electron chi connectivity index (χ0n) is 6.07. The van der Waals surface area contributed by atoms with E-state index >= 15 is 0 Å². The molecule has 0 aromatic rings. The summed E-state index contributed by atoms with van der Waals surface area (Å²) < 4.78 is 25.9. The first kappa shape index (κ1) is 7.97. The van der Waals surface area contributed by atoms with Crippen molar-refractivity contribution in [3.05, 3.63) is 0 Å². The molecule has 0 saturated carbocycles. The minimum absolute atomic E-state index is 0.0324. The summed E-state index contributed by atoms with van der Waals surface area (Å²) in [6.07, 6.45) is 0. The fourth-order valence-corrected chi connectivity index (χ4v) is 2.14.